The number of nitrogens with one attached hydrogen (secondary N) is 1. The van der Waals surface area contributed by atoms with Crippen molar-refractivity contribution in [2.75, 3.05) is 13.2 Å². The average molecular weight is 368 g/mol. The molecular formula is C19H20N4O2S. The standard InChI is InChI=1S/C19H20N4O2S/c1-3-24-15-11-9-14(10-12-15)13-20-23-18(21-22-19(23)26)16-7-5-6-8-17(16)25-4-2/h5-13H,3-4H2,1-2H3,(H,22,26)/b20-13-. The van der Waals surface area contributed by atoms with Gasteiger partial charge in [0.05, 0.1) is 25.0 Å². The Bertz CT molecular complexity index is 945. The molecule has 0 saturated heterocycles. The number of aromatic amines is 1. The summed E-state index contributed by atoms with van der Waals surface area (Å²) < 4.78 is 13.1. The minimum absolute atomic E-state index is 0.411. The van der Waals surface area contributed by atoms with Crippen LogP contribution in [0.3, 0.4) is 0 Å². The van der Waals surface area contributed by atoms with Crippen molar-refractivity contribution in [2.45, 2.75) is 13.8 Å². The molecule has 7 heteroatoms. The first-order chi connectivity index (χ1) is 12.7. The number of H-pyrrole nitrogens is 1. The van der Waals surface area contributed by atoms with E-state index in [-0.39, 0.29) is 0 Å². The summed E-state index contributed by atoms with van der Waals surface area (Å²) in [5, 5.41) is 11.6. The molecule has 1 aromatic heterocycles. The average Bonchev–Trinajstić information content (AvgIpc) is 3.03. The number of hydrogen-bond donors (Lipinski definition) is 1. The van der Waals surface area contributed by atoms with E-state index in [1.807, 2.05) is 62.4 Å². The minimum atomic E-state index is 0.411. The SMILES string of the molecule is CCOc1ccc(/C=N\n2c(-c3ccccc3OCC)n[nH]c2=S)cc1. The molecule has 0 saturated carbocycles. The van der Waals surface area contributed by atoms with E-state index >= 15 is 0 Å². The van der Waals surface area contributed by atoms with Crippen LogP contribution in [0.1, 0.15) is 19.4 Å². The fourth-order valence-electron chi connectivity index (χ4n) is 2.45. The number of ether oxygens (including phenoxy) is 2. The van der Waals surface area contributed by atoms with Gasteiger partial charge in [-0.2, -0.15) is 14.9 Å². The maximum atomic E-state index is 5.69. The van der Waals surface area contributed by atoms with E-state index in [1.165, 1.54) is 0 Å². The van der Waals surface area contributed by atoms with Gasteiger partial charge in [-0.25, -0.2) is 5.10 Å². The zero-order valence-corrected chi connectivity index (χ0v) is 15.5. The maximum absolute atomic E-state index is 5.69. The maximum Gasteiger partial charge on any atom is 0.216 e. The smallest absolute Gasteiger partial charge is 0.216 e. The molecule has 134 valence electrons. The Balaban J connectivity index is 1.92. The molecule has 0 bridgehead atoms. The van der Waals surface area contributed by atoms with Gasteiger partial charge < -0.3 is 9.47 Å². The normalized spacial score (nSPS) is 11.0. The quantitative estimate of drug-likeness (QED) is 0.499. The van der Waals surface area contributed by atoms with Crippen molar-refractivity contribution in [2.24, 2.45) is 5.10 Å². The van der Waals surface area contributed by atoms with Gasteiger partial charge in [0.25, 0.3) is 0 Å². The lowest BCUT2D eigenvalue weighted by Gasteiger charge is -2.08. The summed E-state index contributed by atoms with van der Waals surface area (Å²) in [5.74, 6) is 2.17. The Labute approximate surface area is 157 Å². The molecular weight excluding hydrogens is 348 g/mol. The second-order valence-electron chi connectivity index (χ2n) is 5.34. The Morgan fingerprint density at radius 2 is 1.81 bits per heavy atom. The van der Waals surface area contributed by atoms with Crippen LogP contribution in [0.5, 0.6) is 11.5 Å². The summed E-state index contributed by atoms with van der Waals surface area (Å²) in [7, 11) is 0. The number of hydrogen-bond acceptors (Lipinski definition) is 5. The topological polar surface area (TPSA) is 64.4 Å². The van der Waals surface area contributed by atoms with E-state index in [1.54, 1.807) is 10.9 Å². The molecule has 0 atom stereocenters. The second kappa shape index (κ2) is 8.44. The number of benzene rings is 2. The van der Waals surface area contributed by atoms with Gasteiger partial charge in [-0.3, -0.25) is 0 Å². The molecule has 0 spiro atoms. The molecule has 0 aliphatic rings. The molecule has 0 fully saturated rings. The van der Waals surface area contributed by atoms with Crippen molar-refractivity contribution in [1.29, 1.82) is 0 Å². The number of nitrogens with zero attached hydrogens (tertiary/aromatic N) is 3. The molecule has 0 amide bonds. The zero-order chi connectivity index (χ0) is 18.4. The number of rotatable bonds is 7. The van der Waals surface area contributed by atoms with E-state index in [0.29, 0.717) is 23.8 Å². The van der Waals surface area contributed by atoms with Crippen LogP contribution in [0, 0.1) is 4.77 Å². The lowest BCUT2D eigenvalue weighted by molar-refractivity contribution is 0.340. The number of para-hydroxylation sites is 1. The summed E-state index contributed by atoms with van der Waals surface area (Å²) >= 11 is 5.32. The van der Waals surface area contributed by atoms with Crippen LogP contribution in [0.15, 0.2) is 53.6 Å². The Hall–Kier alpha value is -2.93. The van der Waals surface area contributed by atoms with Crippen molar-refractivity contribution in [3.8, 4) is 22.9 Å². The predicted molar refractivity (Wildman–Crippen MR) is 105 cm³/mol. The summed E-state index contributed by atoms with van der Waals surface area (Å²) in [4.78, 5) is 0. The summed E-state index contributed by atoms with van der Waals surface area (Å²) in [5.41, 5.74) is 1.76. The van der Waals surface area contributed by atoms with Gasteiger partial charge >= 0.3 is 0 Å². The molecule has 1 heterocycles. The molecule has 6 nitrogen and oxygen atoms in total. The van der Waals surface area contributed by atoms with Crippen LogP contribution in [0.4, 0.5) is 0 Å². The third-order valence-corrected chi connectivity index (χ3v) is 3.86. The van der Waals surface area contributed by atoms with Crippen molar-refractivity contribution in [3.63, 3.8) is 0 Å². The lowest BCUT2D eigenvalue weighted by atomic mass is 10.2. The minimum Gasteiger partial charge on any atom is -0.494 e. The van der Waals surface area contributed by atoms with Gasteiger partial charge in [-0.05, 0) is 68.0 Å². The highest BCUT2D eigenvalue weighted by Gasteiger charge is 2.13. The summed E-state index contributed by atoms with van der Waals surface area (Å²) in [6, 6.07) is 15.4. The first kappa shape index (κ1) is 17.9. The van der Waals surface area contributed by atoms with Gasteiger partial charge in [-0.1, -0.05) is 12.1 Å². The molecule has 0 aliphatic carbocycles. The van der Waals surface area contributed by atoms with Crippen LogP contribution in [0.25, 0.3) is 11.4 Å². The van der Waals surface area contributed by atoms with E-state index in [2.05, 4.69) is 15.3 Å². The molecule has 3 rings (SSSR count). The zero-order valence-electron chi connectivity index (χ0n) is 14.7. The van der Waals surface area contributed by atoms with E-state index < -0.39 is 0 Å². The van der Waals surface area contributed by atoms with E-state index in [0.717, 1.165) is 22.6 Å². The third kappa shape index (κ3) is 4.00. The van der Waals surface area contributed by atoms with Crippen molar-refractivity contribution in [3.05, 3.63) is 58.9 Å². The fraction of sp³-hybridized carbons (Fsp3) is 0.211. The highest BCUT2D eigenvalue weighted by molar-refractivity contribution is 7.71. The van der Waals surface area contributed by atoms with Crippen LogP contribution in [0.2, 0.25) is 0 Å². The molecule has 0 unspecified atom stereocenters. The predicted octanol–water partition coefficient (Wildman–Crippen LogP) is 4.29. The third-order valence-electron chi connectivity index (χ3n) is 3.59. The Morgan fingerprint density at radius 3 is 2.54 bits per heavy atom. The largest absolute Gasteiger partial charge is 0.494 e. The molecule has 0 radical (unpaired) electrons. The van der Waals surface area contributed by atoms with Crippen LogP contribution in [-0.4, -0.2) is 34.3 Å². The molecule has 0 aliphatic heterocycles. The molecule has 2 aromatic carbocycles. The Morgan fingerprint density at radius 1 is 1.08 bits per heavy atom. The monoisotopic (exact) mass is 368 g/mol. The number of aromatic nitrogens is 3. The van der Waals surface area contributed by atoms with Gasteiger partial charge in [0.15, 0.2) is 5.82 Å². The van der Waals surface area contributed by atoms with Crippen molar-refractivity contribution in [1.82, 2.24) is 14.9 Å². The fourth-order valence-corrected chi connectivity index (χ4v) is 2.63. The highest BCUT2D eigenvalue weighted by Crippen LogP contribution is 2.28. The van der Waals surface area contributed by atoms with Crippen molar-refractivity contribution < 1.29 is 9.47 Å². The Kier molecular flexibility index (Phi) is 5.80. The first-order valence-electron chi connectivity index (χ1n) is 8.39. The summed E-state index contributed by atoms with van der Waals surface area (Å²) in [6.45, 7) is 5.10. The second-order valence-corrected chi connectivity index (χ2v) is 5.73. The van der Waals surface area contributed by atoms with Gasteiger partial charge in [0.1, 0.15) is 11.5 Å². The van der Waals surface area contributed by atoms with Gasteiger partial charge in [0.2, 0.25) is 4.77 Å². The first-order valence-corrected chi connectivity index (χ1v) is 8.80. The molecule has 3 aromatic rings. The van der Waals surface area contributed by atoms with Crippen LogP contribution < -0.4 is 9.47 Å². The van der Waals surface area contributed by atoms with Gasteiger partial charge in [-0.15, -0.1) is 0 Å². The van der Waals surface area contributed by atoms with Crippen LogP contribution >= 0.6 is 12.2 Å². The van der Waals surface area contributed by atoms with Crippen LogP contribution in [-0.2, 0) is 0 Å². The lowest BCUT2D eigenvalue weighted by Crippen LogP contribution is -1.99. The van der Waals surface area contributed by atoms with Gasteiger partial charge in [0, 0.05) is 0 Å². The highest BCUT2D eigenvalue weighted by atomic mass is 32.1. The molecule has 1 N–H and O–H groups in total. The van der Waals surface area contributed by atoms with E-state index in [4.69, 9.17) is 21.7 Å². The van der Waals surface area contributed by atoms with E-state index in [9.17, 15) is 0 Å². The van der Waals surface area contributed by atoms with Crippen molar-refractivity contribution >= 4 is 18.4 Å². The summed E-state index contributed by atoms with van der Waals surface area (Å²) in [6.07, 6.45) is 1.73. The molecule has 26 heavy (non-hydrogen) atoms.